The van der Waals surface area contributed by atoms with E-state index >= 15 is 0 Å². The van der Waals surface area contributed by atoms with Crippen molar-refractivity contribution in [1.82, 2.24) is 0 Å². The summed E-state index contributed by atoms with van der Waals surface area (Å²) >= 11 is 15.2. The number of hydrogen-bond acceptors (Lipinski definition) is 2. The van der Waals surface area contributed by atoms with E-state index in [4.69, 9.17) is 23.2 Å². The van der Waals surface area contributed by atoms with Gasteiger partial charge in [-0.1, -0.05) is 57.3 Å². The fourth-order valence-corrected chi connectivity index (χ4v) is 2.68. The fraction of sp³-hybridized carbons (Fsp3) is 0.125. The van der Waals surface area contributed by atoms with Gasteiger partial charge in [0, 0.05) is 10.0 Å². The van der Waals surface area contributed by atoms with Crippen LogP contribution in [0.15, 0.2) is 40.9 Å². The molecule has 2 rings (SSSR count). The third-order valence-corrected chi connectivity index (χ3v) is 4.80. The Morgan fingerprint density at radius 1 is 1.24 bits per heavy atom. The molecule has 0 N–H and O–H groups in total. The van der Waals surface area contributed by atoms with Gasteiger partial charge in [0.05, 0.1) is 16.1 Å². The number of hydrogen-bond donors (Lipinski definition) is 0. The van der Waals surface area contributed by atoms with E-state index in [1.54, 1.807) is 30.3 Å². The number of Topliss-reactive ketones (excluding diaryl/α,β-unsaturated/α-hetero) is 1. The van der Waals surface area contributed by atoms with Crippen LogP contribution in [0.3, 0.4) is 0 Å². The van der Waals surface area contributed by atoms with Crippen molar-refractivity contribution in [1.29, 1.82) is 5.26 Å². The highest BCUT2D eigenvalue weighted by atomic mass is 79.9. The molecule has 2 aromatic rings. The zero-order chi connectivity index (χ0) is 15.6. The average molecular weight is 383 g/mol. The lowest BCUT2D eigenvalue weighted by Gasteiger charge is -2.12. The summed E-state index contributed by atoms with van der Waals surface area (Å²) in [5, 5.41) is 10.1. The van der Waals surface area contributed by atoms with Crippen LogP contribution in [-0.4, -0.2) is 5.78 Å². The average Bonchev–Trinajstić information content (AvgIpc) is 2.46. The molecule has 0 saturated carbocycles. The van der Waals surface area contributed by atoms with Gasteiger partial charge in [-0.15, -0.1) is 0 Å². The van der Waals surface area contributed by atoms with Crippen molar-refractivity contribution in [2.45, 2.75) is 12.8 Å². The van der Waals surface area contributed by atoms with Gasteiger partial charge in [0.1, 0.15) is 5.92 Å². The molecule has 0 heterocycles. The molecule has 1 unspecified atom stereocenters. The molecule has 0 aliphatic heterocycles. The Kier molecular flexibility index (Phi) is 5.05. The van der Waals surface area contributed by atoms with Crippen LogP contribution >= 0.6 is 39.1 Å². The molecule has 0 spiro atoms. The molecule has 0 saturated heterocycles. The van der Waals surface area contributed by atoms with E-state index in [1.807, 2.05) is 19.1 Å². The number of benzene rings is 2. The highest BCUT2D eigenvalue weighted by Crippen LogP contribution is 2.30. The lowest BCUT2D eigenvalue weighted by atomic mass is 9.90. The predicted octanol–water partition coefficient (Wildman–Crippen LogP) is 5.55. The molecule has 0 bridgehead atoms. The summed E-state index contributed by atoms with van der Waals surface area (Å²) in [4.78, 5) is 12.6. The minimum absolute atomic E-state index is 0.255. The zero-order valence-corrected chi connectivity index (χ0v) is 14.1. The molecular formula is C16H10BrCl2NO. The number of halogens is 3. The largest absolute Gasteiger partial charge is 0.292 e. The number of nitriles is 1. The summed E-state index contributed by atoms with van der Waals surface area (Å²) in [6.45, 7) is 1.83. The smallest absolute Gasteiger partial charge is 0.184 e. The van der Waals surface area contributed by atoms with Crippen LogP contribution in [0.1, 0.15) is 27.4 Å². The van der Waals surface area contributed by atoms with E-state index in [1.165, 1.54) is 0 Å². The molecule has 1 atom stereocenters. The van der Waals surface area contributed by atoms with Crippen LogP contribution in [0.25, 0.3) is 0 Å². The topological polar surface area (TPSA) is 40.9 Å². The molecule has 0 aliphatic rings. The highest BCUT2D eigenvalue weighted by Gasteiger charge is 2.24. The minimum atomic E-state index is -0.909. The van der Waals surface area contributed by atoms with E-state index < -0.39 is 5.92 Å². The molecule has 0 fully saturated rings. The first-order valence-electron chi connectivity index (χ1n) is 6.09. The third-order valence-electron chi connectivity index (χ3n) is 3.20. The van der Waals surface area contributed by atoms with Crippen molar-refractivity contribution < 1.29 is 4.79 Å². The SMILES string of the molecule is Cc1c(Br)cccc1C(=O)C(C#N)c1ccc(Cl)c(Cl)c1. The summed E-state index contributed by atoms with van der Waals surface area (Å²) in [6, 6.07) is 12.2. The number of rotatable bonds is 3. The Morgan fingerprint density at radius 3 is 2.57 bits per heavy atom. The van der Waals surface area contributed by atoms with Gasteiger partial charge in [-0.3, -0.25) is 4.79 Å². The third kappa shape index (κ3) is 3.29. The van der Waals surface area contributed by atoms with Gasteiger partial charge in [0.2, 0.25) is 0 Å². The number of carbonyl (C=O) groups excluding carboxylic acids is 1. The van der Waals surface area contributed by atoms with Gasteiger partial charge in [-0.25, -0.2) is 0 Å². The number of nitrogens with zero attached hydrogens (tertiary/aromatic N) is 1. The van der Waals surface area contributed by atoms with E-state index in [2.05, 4.69) is 15.9 Å². The Morgan fingerprint density at radius 2 is 1.95 bits per heavy atom. The first kappa shape index (κ1) is 16.0. The highest BCUT2D eigenvalue weighted by molar-refractivity contribution is 9.10. The van der Waals surface area contributed by atoms with Crippen molar-refractivity contribution in [3.8, 4) is 6.07 Å². The zero-order valence-electron chi connectivity index (χ0n) is 11.0. The van der Waals surface area contributed by atoms with Gasteiger partial charge in [0.15, 0.2) is 5.78 Å². The molecular weight excluding hydrogens is 373 g/mol. The van der Waals surface area contributed by atoms with Crippen LogP contribution in [-0.2, 0) is 0 Å². The van der Waals surface area contributed by atoms with E-state index in [0.717, 1.165) is 10.0 Å². The van der Waals surface area contributed by atoms with E-state index in [-0.39, 0.29) is 5.78 Å². The summed E-state index contributed by atoms with van der Waals surface area (Å²) < 4.78 is 0.833. The predicted molar refractivity (Wildman–Crippen MR) is 88.0 cm³/mol. The van der Waals surface area contributed by atoms with Crippen molar-refractivity contribution in [3.05, 3.63) is 67.6 Å². The van der Waals surface area contributed by atoms with E-state index in [9.17, 15) is 10.1 Å². The van der Waals surface area contributed by atoms with Gasteiger partial charge in [-0.2, -0.15) is 5.26 Å². The lowest BCUT2D eigenvalue weighted by molar-refractivity contribution is 0.0978. The molecule has 2 nitrogen and oxygen atoms in total. The maximum atomic E-state index is 12.6. The molecule has 5 heteroatoms. The summed E-state index contributed by atoms with van der Waals surface area (Å²) in [6.07, 6.45) is 0. The maximum Gasteiger partial charge on any atom is 0.184 e. The molecule has 21 heavy (non-hydrogen) atoms. The van der Waals surface area contributed by atoms with Crippen molar-refractivity contribution >= 4 is 44.9 Å². The van der Waals surface area contributed by atoms with Crippen LogP contribution in [0.4, 0.5) is 0 Å². The first-order valence-corrected chi connectivity index (χ1v) is 7.64. The van der Waals surface area contributed by atoms with Gasteiger partial charge < -0.3 is 0 Å². The maximum absolute atomic E-state index is 12.6. The Bertz CT molecular complexity index is 752. The summed E-state index contributed by atoms with van der Waals surface area (Å²) in [7, 11) is 0. The van der Waals surface area contributed by atoms with Gasteiger partial charge in [-0.05, 0) is 36.2 Å². The molecule has 0 amide bonds. The van der Waals surface area contributed by atoms with Crippen LogP contribution in [0.2, 0.25) is 10.0 Å². The fourth-order valence-electron chi connectivity index (χ4n) is 2.01. The molecule has 106 valence electrons. The molecule has 0 aromatic heterocycles. The second-order valence-corrected chi connectivity index (χ2v) is 6.18. The van der Waals surface area contributed by atoms with E-state index in [0.29, 0.717) is 21.2 Å². The second kappa shape index (κ2) is 6.62. The van der Waals surface area contributed by atoms with Gasteiger partial charge in [0.25, 0.3) is 0 Å². The Labute approximate surface area is 141 Å². The van der Waals surface area contributed by atoms with Crippen molar-refractivity contribution in [2.24, 2.45) is 0 Å². The number of ketones is 1. The van der Waals surface area contributed by atoms with Crippen molar-refractivity contribution in [2.75, 3.05) is 0 Å². The minimum Gasteiger partial charge on any atom is -0.292 e. The molecule has 2 aromatic carbocycles. The van der Waals surface area contributed by atoms with Crippen LogP contribution in [0, 0.1) is 18.3 Å². The first-order chi connectivity index (χ1) is 9.95. The van der Waals surface area contributed by atoms with Crippen molar-refractivity contribution in [3.63, 3.8) is 0 Å². The Balaban J connectivity index is 2.46. The monoisotopic (exact) mass is 381 g/mol. The van der Waals surface area contributed by atoms with Crippen LogP contribution < -0.4 is 0 Å². The van der Waals surface area contributed by atoms with Gasteiger partial charge >= 0.3 is 0 Å². The second-order valence-electron chi connectivity index (χ2n) is 4.51. The van der Waals surface area contributed by atoms with Crippen LogP contribution in [0.5, 0.6) is 0 Å². The normalized spacial score (nSPS) is 11.8. The quantitative estimate of drug-likeness (QED) is 0.652. The number of carbonyl (C=O) groups is 1. The lowest BCUT2D eigenvalue weighted by Crippen LogP contribution is -2.13. The molecule has 0 radical (unpaired) electrons. The molecule has 0 aliphatic carbocycles. The standard InChI is InChI=1S/C16H10BrCl2NO/c1-9-11(3-2-4-13(9)17)16(21)12(8-20)10-5-6-14(18)15(19)7-10/h2-7,12H,1H3. The summed E-state index contributed by atoms with van der Waals surface area (Å²) in [5.74, 6) is -1.16. The Hall–Kier alpha value is -1.34. The summed E-state index contributed by atoms with van der Waals surface area (Å²) in [5.41, 5.74) is 1.86.